The molecule has 2 aromatic heterocycles. The van der Waals surface area contributed by atoms with Gasteiger partial charge in [-0.25, -0.2) is 4.68 Å². The number of para-hydroxylation sites is 1. The van der Waals surface area contributed by atoms with Crippen LogP contribution in [0, 0.1) is 4.77 Å². The van der Waals surface area contributed by atoms with Crippen LogP contribution in [-0.4, -0.2) is 40.0 Å². The summed E-state index contributed by atoms with van der Waals surface area (Å²) >= 11 is 5.85. The summed E-state index contributed by atoms with van der Waals surface area (Å²) in [5.74, 6) is 2.89. The maximum absolute atomic E-state index is 5.85. The number of methoxy groups -OCH3 is 2. The molecule has 1 aliphatic heterocycles. The Balaban J connectivity index is 1.47. The molecular weight excluding hydrogens is 424 g/mol. The molecule has 0 saturated carbocycles. The van der Waals surface area contributed by atoms with Crippen LogP contribution in [-0.2, 0) is 19.6 Å². The van der Waals surface area contributed by atoms with Gasteiger partial charge in [0.1, 0.15) is 0 Å². The van der Waals surface area contributed by atoms with E-state index in [0.717, 1.165) is 36.7 Å². The van der Waals surface area contributed by atoms with Crippen molar-refractivity contribution in [2.45, 2.75) is 19.6 Å². The molecule has 0 radical (unpaired) electrons. The fourth-order valence-electron chi connectivity index (χ4n) is 4.13. The van der Waals surface area contributed by atoms with E-state index in [0.29, 0.717) is 23.0 Å². The first-order valence-electron chi connectivity index (χ1n) is 10.4. The third-order valence-corrected chi connectivity index (χ3v) is 6.12. The van der Waals surface area contributed by atoms with Crippen LogP contribution >= 0.6 is 12.2 Å². The van der Waals surface area contributed by atoms with E-state index in [2.05, 4.69) is 17.0 Å². The van der Waals surface area contributed by atoms with Gasteiger partial charge in [0, 0.05) is 13.1 Å². The van der Waals surface area contributed by atoms with E-state index < -0.39 is 0 Å². The lowest BCUT2D eigenvalue weighted by Crippen LogP contribution is -2.32. The smallest absolute Gasteiger partial charge is 0.204 e. The van der Waals surface area contributed by atoms with Gasteiger partial charge in [-0.3, -0.25) is 9.47 Å². The van der Waals surface area contributed by atoms with Crippen molar-refractivity contribution in [3.63, 3.8) is 0 Å². The normalized spacial score (nSPS) is 13.7. The van der Waals surface area contributed by atoms with Gasteiger partial charge in [0.15, 0.2) is 17.3 Å². The summed E-state index contributed by atoms with van der Waals surface area (Å²) in [4.78, 5) is 2.33. The molecule has 0 N–H and O–H groups in total. The van der Waals surface area contributed by atoms with E-state index in [4.69, 9.17) is 31.2 Å². The molecule has 0 atom stereocenters. The van der Waals surface area contributed by atoms with Crippen LogP contribution < -0.4 is 9.47 Å². The van der Waals surface area contributed by atoms with Crippen LogP contribution in [0.2, 0.25) is 0 Å². The van der Waals surface area contributed by atoms with Crippen LogP contribution in [0.4, 0.5) is 0 Å². The van der Waals surface area contributed by atoms with Crippen molar-refractivity contribution in [2.24, 2.45) is 0 Å². The Kier molecular flexibility index (Phi) is 5.55. The minimum absolute atomic E-state index is 0.583. The Bertz CT molecular complexity index is 1280. The van der Waals surface area contributed by atoms with E-state index in [1.807, 2.05) is 51.7 Å². The first-order valence-corrected chi connectivity index (χ1v) is 10.8. The number of rotatable bonds is 6. The second-order valence-corrected chi connectivity index (χ2v) is 8.04. The minimum atomic E-state index is 0.583. The second-order valence-electron chi connectivity index (χ2n) is 7.67. The first-order chi connectivity index (χ1) is 15.7. The van der Waals surface area contributed by atoms with Gasteiger partial charge in [-0.1, -0.05) is 18.2 Å². The molecule has 3 heterocycles. The number of aromatic nitrogens is 3. The highest BCUT2D eigenvalue weighted by Crippen LogP contribution is 2.33. The molecule has 4 aromatic rings. The van der Waals surface area contributed by atoms with Crippen LogP contribution in [0.3, 0.4) is 0 Å². The molecule has 32 heavy (non-hydrogen) atoms. The van der Waals surface area contributed by atoms with Crippen molar-refractivity contribution in [2.75, 3.05) is 20.8 Å². The van der Waals surface area contributed by atoms with Crippen molar-refractivity contribution >= 4 is 12.2 Å². The van der Waals surface area contributed by atoms with Gasteiger partial charge in [-0.2, -0.15) is 0 Å². The van der Waals surface area contributed by atoms with Crippen LogP contribution in [0.25, 0.3) is 17.3 Å². The highest BCUT2D eigenvalue weighted by atomic mass is 32.1. The summed E-state index contributed by atoms with van der Waals surface area (Å²) in [5, 5.41) is 4.84. The topological polar surface area (TPSA) is 57.6 Å². The Morgan fingerprint density at radius 3 is 2.44 bits per heavy atom. The predicted octanol–water partition coefficient (Wildman–Crippen LogP) is 4.70. The molecule has 164 valence electrons. The molecule has 0 unspecified atom stereocenters. The maximum atomic E-state index is 5.85. The lowest BCUT2D eigenvalue weighted by Gasteiger charge is -2.29. The van der Waals surface area contributed by atoms with Crippen molar-refractivity contribution < 1.29 is 13.9 Å². The summed E-state index contributed by atoms with van der Waals surface area (Å²) in [5.41, 5.74) is 3.47. The van der Waals surface area contributed by atoms with E-state index in [-0.39, 0.29) is 0 Å². The summed E-state index contributed by atoms with van der Waals surface area (Å²) in [6, 6.07) is 17.9. The van der Waals surface area contributed by atoms with E-state index in [1.54, 1.807) is 20.5 Å². The number of hydrogen-bond donors (Lipinski definition) is 0. The summed E-state index contributed by atoms with van der Waals surface area (Å²) in [7, 11) is 3.33. The van der Waals surface area contributed by atoms with E-state index >= 15 is 0 Å². The predicted molar refractivity (Wildman–Crippen MR) is 124 cm³/mol. The van der Waals surface area contributed by atoms with Crippen molar-refractivity contribution in [1.82, 2.24) is 19.2 Å². The van der Waals surface area contributed by atoms with Gasteiger partial charge in [-0.15, -0.1) is 5.10 Å². The molecule has 0 saturated heterocycles. The minimum Gasteiger partial charge on any atom is -0.493 e. The Morgan fingerprint density at radius 2 is 1.75 bits per heavy atom. The van der Waals surface area contributed by atoms with Gasteiger partial charge in [-0.05, 0) is 66.2 Å². The third kappa shape index (κ3) is 3.72. The SMILES string of the molecule is COc1cc2c(cc1OC)CN(Cn1nc(-c3ccco3)n(-c3ccccc3)c1=S)CC2. The van der Waals surface area contributed by atoms with Gasteiger partial charge in [0.25, 0.3) is 0 Å². The number of ether oxygens (including phenoxy) is 2. The van der Waals surface area contributed by atoms with Gasteiger partial charge >= 0.3 is 0 Å². The lowest BCUT2D eigenvalue weighted by atomic mass is 9.99. The molecule has 1 aliphatic rings. The van der Waals surface area contributed by atoms with Gasteiger partial charge in [0.2, 0.25) is 10.6 Å². The molecule has 0 amide bonds. The average molecular weight is 449 g/mol. The maximum Gasteiger partial charge on any atom is 0.204 e. The molecule has 5 rings (SSSR count). The third-order valence-electron chi connectivity index (χ3n) is 5.73. The van der Waals surface area contributed by atoms with Gasteiger partial charge < -0.3 is 13.9 Å². The molecule has 0 aliphatic carbocycles. The zero-order valence-electron chi connectivity index (χ0n) is 18.0. The number of fused-ring (bicyclic) bond motifs is 1. The van der Waals surface area contributed by atoms with Crippen LogP contribution in [0.1, 0.15) is 11.1 Å². The standard InChI is InChI=1S/C24H24N4O3S/c1-29-21-13-17-10-11-26(15-18(17)14-22(21)30-2)16-27-24(32)28(19-7-4-3-5-8-19)23(25-27)20-9-6-12-31-20/h3-9,12-14H,10-11,15-16H2,1-2H3. The molecule has 8 heteroatoms. The Morgan fingerprint density at radius 1 is 1.00 bits per heavy atom. The summed E-state index contributed by atoms with van der Waals surface area (Å²) in [6.07, 6.45) is 2.57. The summed E-state index contributed by atoms with van der Waals surface area (Å²) < 4.78 is 21.1. The van der Waals surface area contributed by atoms with E-state index in [1.165, 1.54) is 11.1 Å². The zero-order valence-corrected chi connectivity index (χ0v) is 18.8. The molecule has 0 fully saturated rings. The van der Waals surface area contributed by atoms with Crippen LogP contribution in [0.5, 0.6) is 11.5 Å². The molecular formula is C24H24N4O3S. The second kappa shape index (κ2) is 8.64. The molecule has 7 nitrogen and oxygen atoms in total. The Labute approximate surface area is 191 Å². The highest BCUT2D eigenvalue weighted by molar-refractivity contribution is 7.71. The Hall–Kier alpha value is -3.36. The zero-order chi connectivity index (χ0) is 22.1. The lowest BCUT2D eigenvalue weighted by molar-refractivity contribution is 0.187. The quantitative estimate of drug-likeness (QED) is 0.399. The van der Waals surface area contributed by atoms with Crippen molar-refractivity contribution in [3.8, 4) is 28.8 Å². The number of benzene rings is 2. The fraction of sp³-hybridized carbons (Fsp3) is 0.250. The highest BCUT2D eigenvalue weighted by Gasteiger charge is 2.22. The number of nitrogens with zero attached hydrogens (tertiary/aromatic N) is 4. The monoisotopic (exact) mass is 448 g/mol. The van der Waals surface area contributed by atoms with E-state index in [9.17, 15) is 0 Å². The summed E-state index contributed by atoms with van der Waals surface area (Å²) in [6.45, 7) is 2.27. The number of furan rings is 1. The van der Waals surface area contributed by atoms with Crippen LogP contribution in [0.15, 0.2) is 65.3 Å². The average Bonchev–Trinajstić information content (AvgIpc) is 3.47. The molecule has 0 bridgehead atoms. The molecule has 2 aromatic carbocycles. The fourth-order valence-corrected chi connectivity index (χ4v) is 4.42. The van der Waals surface area contributed by atoms with Gasteiger partial charge in [0.05, 0.1) is 32.8 Å². The largest absolute Gasteiger partial charge is 0.493 e. The van der Waals surface area contributed by atoms with Crippen molar-refractivity contribution in [3.05, 3.63) is 76.8 Å². The molecule has 0 spiro atoms. The number of hydrogen-bond acceptors (Lipinski definition) is 6. The first kappa shape index (κ1) is 20.5. The van der Waals surface area contributed by atoms with Crippen molar-refractivity contribution in [1.29, 1.82) is 0 Å².